The van der Waals surface area contributed by atoms with Crippen molar-refractivity contribution in [2.75, 3.05) is 13.7 Å². The highest BCUT2D eigenvalue weighted by Crippen LogP contribution is 2.66. The van der Waals surface area contributed by atoms with Crippen LogP contribution in [0.3, 0.4) is 0 Å². The molecule has 4 atom stereocenters. The number of ether oxygens (including phenoxy) is 2. The van der Waals surface area contributed by atoms with Gasteiger partial charge < -0.3 is 40.1 Å². The molecule has 2 heterocycles. The first-order valence-corrected chi connectivity index (χ1v) is 12.5. The summed E-state index contributed by atoms with van der Waals surface area (Å²) in [6.07, 6.45) is -1.09. The van der Waals surface area contributed by atoms with Crippen molar-refractivity contribution in [3.8, 4) is 0 Å². The molecule has 0 aromatic heterocycles. The number of quaternary nitrogens is 1. The highest BCUT2D eigenvalue weighted by molar-refractivity contribution is 7.66. The maximum Gasteiger partial charge on any atom is 0.490 e. The molecule has 0 radical (unpaired) electrons. The summed E-state index contributed by atoms with van der Waals surface area (Å²) in [6.45, 7) is 0.408. The third kappa shape index (κ3) is 8.15. The van der Waals surface area contributed by atoms with Crippen LogP contribution in [-0.4, -0.2) is 51.6 Å². The second-order valence-electron chi connectivity index (χ2n) is 5.75. The molecular weight excluding hydrogens is 461 g/mol. The van der Waals surface area contributed by atoms with Crippen molar-refractivity contribution in [1.29, 1.82) is 0 Å². The molecule has 2 rings (SSSR count). The first-order chi connectivity index (χ1) is 13.3. The van der Waals surface area contributed by atoms with Crippen molar-refractivity contribution < 1.29 is 61.3 Å². The maximum atomic E-state index is 11.8. The first-order valence-electron chi connectivity index (χ1n) is 7.93. The van der Waals surface area contributed by atoms with Gasteiger partial charge in [0.1, 0.15) is 6.23 Å². The summed E-state index contributed by atoms with van der Waals surface area (Å²) in [5, 5.41) is 6.98. The number of phosphoric acid groups is 3. The van der Waals surface area contributed by atoms with E-state index in [4.69, 9.17) is 29.9 Å². The van der Waals surface area contributed by atoms with Gasteiger partial charge >= 0.3 is 23.5 Å². The third-order valence-electron chi connectivity index (χ3n) is 3.49. The fourth-order valence-corrected chi connectivity index (χ4v) is 5.54. The summed E-state index contributed by atoms with van der Waals surface area (Å²) in [7, 11) is -14.8. The normalized spacial score (nSPS) is 26.9. The number of amidine groups is 1. The van der Waals surface area contributed by atoms with Crippen molar-refractivity contribution in [1.82, 2.24) is 5.32 Å². The molecular formula is C10H22N4O12P3+. The molecule has 29 heavy (non-hydrogen) atoms. The maximum absolute atomic E-state index is 11.8. The summed E-state index contributed by atoms with van der Waals surface area (Å²) in [4.78, 5) is 35.7. The van der Waals surface area contributed by atoms with Crippen molar-refractivity contribution in [2.24, 2.45) is 10.8 Å². The van der Waals surface area contributed by atoms with Crippen LogP contribution in [0.25, 0.3) is 0 Å². The predicted octanol–water partition coefficient (Wildman–Crippen LogP) is -1.52. The van der Waals surface area contributed by atoms with E-state index in [2.05, 4.69) is 23.6 Å². The number of nitrogens with zero attached hydrogens (tertiary/aromatic N) is 1. The van der Waals surface area contributed by atoms with Crippen LogP contribution in [0, 0.1) is 0 Å². The van der Waals surface area contributed by atoms with Gasteiger partial charge in [-0.15, -0.1) is 0 Å². The first kappa shape index (κ1) is 24.6. The summed E-state index contributed by atoms with van der Waals surface area (Å²) in [6, 6.07) is 0. The number of methoxy groups -OCH3 is 1. The number of nitrogens with one attached hydrogen (secondary N) is 1. The Morgan fingerprint density at radius 2 is 1.90 bits per heavy atom. The Kier molecular flexibility index (Phi) is 8.15. The van der Waals surface area contributed by atoms with E-state index < -0.39 is 36.0 Å². The van der Waals surface area contributed by atoms with Gasteiger partial charge in [-0.3, -0.25) is 4.52 Å². The quantitative estimate of drug-likeness (QED) is 0.130. The second-order valence-corrected chi connectivity index (χ2v) is 10.1. The van der Waals surface area contributed by atoms with Crippen LogP contribution in [0.15, 0.2) is 16.5 Å². The van der Waals surface area contributed by atoms with Crippen molar-refractivity contribution in [3.05, 3.63) is 11.4 Å². The fraction of sp³-hybridized carbons (Fsp3) is 0.700. The molecule has 0 aromatic carbocycles. The number of nitrogens with two attached hydrogens (primary N) is 2. The van der Waals surface area contributed by atoms with Crippen LogP contribution in [-0.2, 0) is 36.3 Å². The molecule has 0 saturated carbocycles. The highest BCUT2D eigenvalue weighted by atomic mass is 31.3. The minimum Gasteiger partial charge on any atom is -0.384 e. The van der Waals surface area contributed by atoms with Crippen LogP contribution < -0.4 is 16.5 Å². The van der Waals surface area contributed by atoms with Gasteiger partial charge in [0.2, 0.25) is 5.82 Å². The Bertz CT molecular complexity index is 812. The molecule has 16 nitrogen and oxygen atoms in total. The second kappa shape index (κ2) is 9.62. The van der Waals surface area contributed by atoms with Gasteiger partial charge in [0.15, 0.2) is 12.1 Å². The Morgan fingerprint density at radius 3 is 2.52 bits per heavy atom. The molecule has 1 fully saturated rings. The average Bonchev–Trinajstić information content (AvgIpc) is 3.08. The Hall–Kier alpha value is -0.700. The van der Waals surface area contributed by atoms with Crippen molar-refractivity contribution >= 4 is 29.3 Å². The molecule has 2 aliphatic heterocycles. The monoisotopic (exact) mass is 483 g/mol. The van der Waals surface area contributed by atoms with E-state index >= 15 is 0 Å². The van der Waals surface area contributed by atoms with E-state index in [1.807, 2.05) is 0 Å². The molecule has 0 aliphatic carbocycles. The van der Waals surface area contributed by atoms with E-state index in [9.17, 15) is 18.6 Å². The van der Waals surface area contributed by atoms with Crippen LogP contribution in [0.4, 0.5) is 0 Å². The van der Waals surface area contributed by atoms with Gasteiger partial charge in [-0.25, -0.2) is 13.7 Å². The number of hydrogen-bond acceptors (Lipinski definition) is 11. The average molecular weight is 483 g/mol. The van der Waals surface area contributed by atoms with Crippen LogP contribution in [0.5, 0.6) is 0 Å². The third-order valence-corrected chi connectivity index (χ3v) is 7.32. The van der Waals surface area contributed by atoms with Gasteiger partial charge in [0.25, 0.3) is 0 Å². The standard InChI is InChI=1S/C10H21N4O12P3/c1-22-5-4-6-9(11)13-14-10(6)12-7-2-3-8(23-7)24-28(18,19)26-29(20,21)25-27(15,16)17/h7-8H,2-5H2,1H3,(H,18,19)(H,20,21)(H2,15,16,17)(H4,11,12,13,14)/p+1. The van der Waals surface area contributed by atoms with Gasteiger partial charge in [-0.05, 0) is 6.42 Å². The Morgan fingerprint density at radius 1 is 1.21 bits per heavy atom. The predicted molar refractivity (Wildman–Crippen MR) is 93.0 cm³/mol. The SMILES string of the molecule is COCCC1=C(NC2CCC(OP(=O)(O)OP(=O)(O)OP(=O)(O)O)O2)[NH2+]N=C1N. The summed E-state index contributed by atoms with van der Waals surface area (Å²) < 4.78 is 56.0. The van der Waals surface area contributed by atoms with Crippen LogP contribution in [0.2, 0.25) is 0 Å². The molecule has 0 amide bonds. The topological polar surface area (TPSA) is 245 Å². The van der Waals surface area contributed by atoms with Gasteiger partial charge in [0, 0.05) is 20.0 Å². The van der Waals surface area contributed by atoms with Crippen molar-refractivity contribution in [3.63, 3.8) is 0 Å². The minimum atomic E-state index is -5.58. The molecule has 1 saturated heterocycles. The number of rotatable bonds is 11. The Balaban J connectivity index is 1.91. The summed E-state index contributed by atoms with van der Waals surface area (Å²) in [5.74, 6) is 0.885. The van der Waals surface area contributed by atoms with Gasteiger partial charge in [-0.1, -0.05) is 5.10 Å². The van der Waals surface area contributed by atoms with E-state index in [-0.39, 0.29) is 6.42 Å². The van der Waals surface area contributed by atoms with E-state index in [0.717, 1.165) is 0 Å². The largest absolute Gasteiger partial charge is 0.490 e. The van der Waals surface area contributed by atoms with Crippen LogP contribution in [0.1, 0.15) is 19.3 Å². The molecule has 0 spiro atoms. The van der Waals surface area contributed by atoms with Crippen molar-refractivity contribution in [2.45, 2.75) is 31.8 Å². The fourth-order valence-electron chi connectivity index (χ4n) is 2.43. The summed E-state index contributed by atoms with van der Waals surface area (Å²) in [5.41, 5.74) is 7.98. The number of phosphoric ester groups is 1. The molecule has 168 valence electrons. The lowest BCUT2D eigenvalue weighted by molar-refractivity contribution is -0.615. The minimum absolute atomic E-state index is 0.0949. The zero-order valence-electron chi connectivity index (χ0n) is 15.0. The van der Waals surface area contributed by atoms with E-state index in [0.29, 0.717) is 36.7 Å². The lowest BCUT2D eigenvalue weighted by atomic mass is 10.2. The lowest BCUT2D eigenvalue weighted by Crippen LogP contribution is -2.78. The lowest BCUT2D eigenvalue weighted by Gasteiger charge is -2.19. The molecule has 9 N–H and O–H groups in total. The number of hydrogen-bond donors (Lipinski definition) is 7. The smallest absolute Gasteiger partial charge is 0.384 e. The van der Waals surface area contributed by atoms with Gasteiger partial charge in [-0.2, -0.15) is 14.0 Å². The zero-order valence-corrected chi connectivity index (χ0v) is 17.7. The molecule has 0 bridgehead atoms. The van der Waals surface area contributed by atoms with E-state index in [1.165, 1.54) is 12.5 Å². The Labute approximate surface area is 164 Å². The highest BCUT2D eigenvalue weighted by Gasteiger charge is 2.43. The van der Waals surface area contributed by atoms with E-state index in [1.54, 1.807) is 0 Å². The molecule has 0 aromatic rings. The van der Waals surface area contributed by atoms with Crippen LogP contribution >= 0.6 is 23.5 Å². The molecule has 19 heteroatoms. The van der Waals surface area contributed by atoms with Gasteiger partial charge in [0.05, 0.1) is 12.2 Å². The molecule has 4 unspecified atom stereocenters. The summed E-state index contributed by atoms with van der Waals surface area (Å²) >= 11 is 0. The zero-order chi connectivity index (χ0) is 21.9. The molecule has 2 aliphatic rings.